The maximum Gasteiger partial charge on any atom is 0.407 e. The topological polar surface area (TPSA) is 114 Å². The van der Waals surface area contributed by atoms with E-state index in [-0.39, 0.29) is 19.4 Å². The molecule has 168 valence electrons. The van der Waals surface area contributed by atoms with E-state index in [0.717, 1.165) is 12.0 Å². The van der Waals surface area contributed by atoms with Crippen LogP contribution in [0.3, 0.4) is 0 Å². The number of aliphatic carboxylic acids is 1. The molecule has 0 saturated carbocycles. The number of carboxylic acid groups (broad SMARTS) is 1. The molecule has 0 fully saturated rings. The summed E-state index contributed by atoms with van der Waals surface area (Å²) < 4.78 is 10.6. The summed E-state index contributed by atoms with van der Waals surface area (Å²) in [6.07, 6.45) is 1.46. The summed E-state index contributed by atoms with van der Waals surface area (Å²) in [4.78, 5) is 34.9. The van der Waals surface area contributed by atoms with E-state index in [1.165, 1.54) is 0 Å². The molecule has 0 aliphatic carbocycles. The standard InChI is InChI=1S/C22H34N2O6/c1-22(2,3)30-20(27)15-18(12-14-23-13-8-7-11-19(25)26)24-21(28)29-16-17-9-5-4-6-10-17/h4-6,9-10,18,23H,7-8,11-16H2,1-3H3,(H,24,28)(H,25,26)/t18-/m0/s1. The number of rotatable bonds is 13. The maximum absolute atomic E-state index is 12.2. The molecule has 1 aromatic rings. The third kappa shape index (κ3) is 13.5. The van der Waals surface area contributed by atoms with Gasteiger partial charge in [0.05, 0.1) is 6.42 Å². The molecule has 1 aromatic carbocycles. The average Bonchev–Trinajstić information content (AvgIpc) is 2.64. The SMILES string of the molecule is CC(C)(C)OC(=O)C[C@H](CCNCCCCC(=O)O)NC(=O)OCc1ccccc1. The first kappa shape index (κ1) is 25.4. The lowest BCUT2D eigenvalue weighted by Gasteiger charge is -2.23. The number of carbonyl (C=O) groups excluding carboxylic acids is 2. The minimum atomic E-state index is -0.800. The molecule has 0 unspecified atom stereocenters. The number of benzene rings is 1. The molecule has 0 heterocycles. The van der Waals surface area contributed by atoms with Crippen LogP contribution in [-0.4, -0.2) is 47.9 Å². The van der Waals surface area contributed by atoms with Crippen LogP contribution < -0.4 is 10.6 Å². The summed E-state index contributed by atoms with van der Waals surface area (Å²) in [5, 5.41) is 14.6. The summed E-state index contributed by atoms with van der Waals surface area (Å²) in [7, 11) is 0. The summed E-state index contributed by atoms with van der Waals surface area (Å²) in [6, 6.07) is 8.90. The number of amides is 1. The zero-order valence-electron chi connectivity index (χ0n) is 18.1. The monoisotopic (exact) mass is 422 g/mol. The average molecular weight is 423 g/mol. The number of alkyl carbamates (subject to hydrolysis) is 1. The number of hydrogen-bond acceptors (Lipinski definition) is 6. The number of nitrogens with one attached hydrogen (secondary N) is 2. The van der Waals surface area contributed by atoms with Crippen LogP contribution in [0.25, 0.3) is 0 Å². The largest absolute Gasteiger partial charge is 0.481 e. The van der Waals surface area contributed by atoms with Crippen molar-refractivity contribution in [3.63, 3.8) is 0 Å². The molecule has 0 spiro atoms. The van der Waals surface area contributed by atoms with E-state index in [2.05, 4.69) is 10.6 Å². The molecule has 0 aromatic heterocycles. The Bertz CT molecular complexity index is 657. The van der Waals surface area contributed by atoms with Gasteiger partial charge in [0, 0.05) is 12.5 Å². The predicted molar refractivity (Wildman–Crippen MR) is 113 cm³/mol. The summed E-state index contributed by atoms with van der Waals surface area (Å²) in [5.41, 5.74) is 0.275. The Morgan fingerprint density at radius 3 is 2.40 bits per heavy atom. The van der Waals surface area contributed by atoms with Gasteiger partial charge in [-0.15, -0.1) is 0 Å². The number of hydrogen-bond donors (Lipinski definition) is 3. The molecule has 0 saturated heterocycles. The summed E-state index contributed by atoms with van der Waals surface area (Å²) in [5.74, 6) is -1.19. The Labute approximate surface area is 178 Å². The molecule has 1 amide bonds. The minimum absolute atomic E-state index is 0.0401. The zero-order valence-corrected chi connectivity index (χ0v) is 18.1. The second-order valence-corrected chi connectivity index (χ2v) is 8.08. The van der Waals surface area contributed by atoms with Crippen LogP contribution in [0.1, 0.15) is 58.4 Å². The number of esters is 1. The van der Waals surface area contributed by atoms with Gasteiger partial charge in [-0.1, -0.05) is 30.3 Å². The van der Waals surface area contributed by atoms with Crippen molar-refractivity contribution in [3.8, 4) is 0 Å². The van der Waals surface area contributed by atoms with Gasteiger partial charge in [-0.2, -0.15) is 0 Å². The number of unbranched alkanes of at least 4 members (excludes halogenated alkanes) is 1. The van der Waals surface area contributed by atoms with Crippen molar-refractivity contribution in [2.24, 2.45) is 0 Å². The van der Waals surface area contributed by atoms with Gasteiger partial charge in [-0.05, 0) is 58.7 Å². The first-order chi connectivity index (χ1) is 14.2. The van der Waals surface area contributed by atoms with Gasteiger partial charge in [0.15, 0.2) is 0 Å². The van der Waals surface area contributed by atoms with Crippen molar-refractivity contribution in [2.45, 2.75) is 71.1 Å². The zero-order chi connectivity index (χ0) is 22.4. The van der Waals surface area contributed by atoms with E-state index in [1.54, 1.807) is 20.8 Å². The molecular formula is C22H34N2O6. The lowest BCUT2D eigenvalue weighted by Crippen LogP contribution is -2.40. The molecule has 1 atom stereocenters. The smallest absolute Gasteiger partial charge is 0.407 e. The lowest BCUT2D eigenvalue weighted by molar-refractivity contribution is -0.155. The normalized spacial score (nSPS) is 12.1. The second kappa shape index (κ2) is 13.6. The Morgan fingerprint density at radius 2 is 1.77 bits per heavy atom. The molecule has 0 aliphatic rings. The highest BCUT2D eigenvalue weighted by atomic mass is 16.6. The molecule has 3 N–H and O–H groups in total. The van der Waals surface area contributed by atoms with Crippen molar-refractivity contribution in [1.29, 1.82) is 0 Å². The molecule has 0 aliphatic heterocycles. The van der Waals surface area contributed by atoms with E-state index in [1.807, 2.05) is 30.3 Å². The van der Waals surface area contributed by atoms with E-state index in [9.17, 15) is 14.4 Å². The van der Waals surface area contributed by atoms with E-state index < -0.39 is 29.7 Å². The van der Waals surface area contributed by atoms with Crippen molar-refractivity contribution >= 4 is 18.0 Å². The first-order valence-corrected chi connectivity index (χ1v) is 10.3. The lowest BCUT2D eigenvalue weighted by atomic mass is 10.1. The van der Waals surface area contributed by atoms with Gasteiger partial charge < -0.3 is 25.2 Å². The minimum Gasteiger partial charge on any atom is -0.481 e. The molecular weight excluding hydrogens is 388 g/mol. The second-order valence-electron chi connectivity index (χ2n) is 8.08. The van der Waals surface area contributed by atoms with Gasteiger partial charge in [0.2, 0.25) is 0 Å². The molecule has 8 heteroatoms. The number of carboxylic acids is 1. The van der Waals surface area contributed by atoms with Crippen molar-refractivity contribution in [3.05, 3.63) is 35.9 Å². The van der Waals surface area contributed by atoms with Gasteiger partial charge >= 0.3 is 18.0 Å². The molecule has 1 rings (SSSR count). The Kier molecular flexibility index (Phi) is 11.5. The fraction of sp³-hybridized carbons (Fsp3) is 0.591. The van der Waals surface area contributed by atoms with Crippen LogP contribution in [0.5, 0.6) is 0 Å². The molecule has 8 nitrogen and oxygen atoms in total. The van der Waals surface area contributed by atoms with Crippen LogP contribution in [0, 0.1) is 0 Å². The fourth-order valence-corrected chi connectivity index (χ4v) is 2.67. The summed E-state index contributed by atoms with van der Waals surface area (Å²) >= 11 is 0. The van der Waals surface area contributed by atoms with Crippen LogP contribution in [0.4, 0.5) is 4.79 Å². The Balaban J connectivity index is 2.45. The highest BCUT2D eigenvalue weighted by Gasteiger charge is 2.22. The van der Waals surface area contributed by atoms with Crippen molar-refractivity contribution in [1.82, 2.24) is 10.6 Å². The van der Waals surface area contributed by atoms with Crippen molar-refractivity contribution in [2.75, 3.05) is 13.1 Å². The predicted octanol–water partition coefficient (Wildman–Crippen LogP) is 3.25. The van der Waals surface area contributed by atoms with Gasteiger partial charge in [0.25, 0.3) is 0 Å². The number of ether oxygens (including phenoxy) is 2. The van der Waals surface area contributed by atoms with E-state index in [4.69, 9.17) is 14.6 Å². The van der Waals surface area contributed by atoms with Crippen LogP contribution >= 0.6 is 0 Å². The first-order valence-electron chi connectivity index (χ1n) is 10.3. The molecule has 30 heavy (non-hydrogen) atoms. The Hall–Kier alpha value is -2.61. The summed E-state index contributed by atoms with van der Waals surface area (Å²) in [6.45, 7) is 6.76. The van der Waals surface area contributed by atoms with Gasteiger partial charge in [-0.3, -0.25) is 9.59 Å². The highest BCUT2D eigenvalue weighted by Crippen LogP contribution is 2.11. The number of carbonyl (C=O) groups is 3. The maximum atomic E-state index is 12.2. The molecule has 0 radical (unpaired) electrons. The highest BCUT2D eigenvalue weighted by molar-refractivity contribution is 5.73. The van der Waals surface area contributed by atoms with Crippen LogP contribution in [0.2, 0.25) is 0 Å². The fourth-order valence-electron chi connectivity index (χ4n) is 2.67. The third-order valence-corrected chi connectivity index (χ3v) is 4.03. The quantitative estimate of drug-likeness (QED) is 0.330. The molecule has 0 bridgehead atoms. The van der Waals surface area contributed by atoms with Crippen molar-refractivity contribution < 1.29 is 29.0 Å². The third-order valence-electron chi connectivity index (χ3n) is 4.03. The van der Waals surface area contributed by atoms with Gasteiger partial charge in [0.1, 0.15) is 12.2 Å². The van der Waals surface area contributed by atoms with E-state index >= 15 is 0 Å². The van der Waals surface area contributed by atoms with E-state index in [0.29, 0.717) is 25.9 Å². The van der Waals surface area contributed by atoms with Gasteiger partial charge in [-0.25, -0.2) is 4.79 Å². The van der Waals surface area contributed by atoms with Crippen LogP contribution in [0.15, 0.2) is 30.3 Å². The Morgan fingerprint density at radius 1 is 1.07 bits per heavy atom. The van der Waals surface area contributed by atoms with Crippen LogP contribution in [-0.2, 0) is 25.7 Å².